The van der Waals surface area contributed by atoms with Gasteiger partial charge in [-0.15, -0.1) is 0 Å². The Hall–Kier alpha value is -2.16. The van der Waals surface area contributed by atoms with Gasteiger partial charge in [-0.3, -0.25) is 0 Å². The van der Waals surface area contributed by atoms with Gasteiger partial charge in [0.15, 0.2) is 0 Å². The maximum Gasteiger partial charge on any atom is 0.0123 e. The third-order valence-corrected chi connectivity index (χ3v) is 10.3. The van der Waals surface area contributed by atoms with Crippen molar-refractivity contribution >= 4 is 21.8 Å². The van der Waals surface area contributed by atoms with Gasteiger partial charge in [0.05, 0.1) is 0 Å². The molecule has 0 aliphatic heterocycles. The Labute approximate surface area is 174 Å². The fraction of sp³-hybridized carbons (Fsp3) is 0.154. The molecule has 2 unspecified atom stereocenters. The van der Waals surface area contributed by atoms with E-state index in [1.807, 2.05) is 11.8 Å². The number of hydrogen-bond acceptors (Lipinski definition) is 1. The summed E-state index contributed by atoms with van der Waals surface area (Å²) in [6, 6.07) is 30.9. The molecule has 0 bridgehead atoms. The minimum atomic E-state index is -1.24. The first-order valence-corrected chi connectivity index (χ1v) is 12.6. The zero-order valence-corrected chi connectivity index (χ0v) is 18.0. The molecule has 1 aliphatic rings. The summed E-state index contributed by atoms with van der Waals surface area (Å²) in [7, 11) is -1.24. The van der Waals surface area contributed by atoms with Crippen LogP contribution in [0.5, 0.6) is 0 Å². The highest BCUT2D eigenvalue weighted by Crippen LogP contribution is 2.68. The highest BCUT2D eigenvalue weighted by Gasteiger charge is 2.31. The van der Waals surface area contributed by atoms with E-state index in [2.05, 4.69) is 116 Å². The minimum absolute atomic E-state index is 0.573. The van der Waals surface area contributed by atoms with E-state index < -0.39 is 10.0 Å². The Morgan fingerprint density at radius 1 is 0.750 bits per heavy atom. The second-order valence-electron chi connectivity index (χ2n) is 7.25. The van der Waals surface area contributed by atoms with Gasteiger partial charge >= 0.3 is 0 Å². The molecule has 0 nitrogen and oxygen atoms in total. The average Bonchev–Trinajstić information content (AvgIpc) is 2.75. The highest BCUT2D eigenvalue weighted by molar-refractivity contribution is 8.36. The van der Waals surface area contributed by atoms with Gasteiger partial charge in [-0.2, -0.15) is 10.0 Å². The first-order valence-electron chi connectivity index (χ1n) is 9.71. The van der Waals surface area contributed by atoms with Crippen molar-refractivity contribution in [1.82, 2.24) is 0 Å². The van der Waals surface area contributed by atoms with E-state index in [4.69, 9.17) is 0 Å². The normalized spacial score (nSPS) is 19.5. The standard InChI is InChI=1S/C26H26S2/c1-21-11-9-10-16-26(21)28(2,24-14-7-4-8-15-24)25-19-17-23(18-20-25)27-22-12-5-3-6-13-22/h3-10,12-21H,11H2,1-2H3. The van der Waals surface area contributed by atoms with Crippen molar-refractivity contribution in [3.63, 3.8) is 0 Å². The van der Waals surface area contributed by atoms with Crippen LogP contribution in [-0.4, -0.2) is 6.26 Å². The fourth-order valence-electron chi connectivity index (χ4n) is 3.77. The molecule has 0 N–H and O–H groups in total. The predicted octanol–water partition coefficient (Wildman–Crippen LogP) is 8.17. The zero-order valence-electron chi connectivity index (χ0n) is 16.4. The summed E-state index contributed by atoms with van der Waals surface area (Å²) < 4.78 is 0. The lowest BCUT2D eigenvalue weighted by atomic mass is 10.0. The van der Waals surface area contributed by atoms with Crippen LogP contribution in [-0.2, 0) is 0 Å². The Kier molecular flexibility index (Phi) is 5.79. The van der Waals surface area contributed by atoms with Gasteiger partial charge < -0.3 is 0 Å². The molecule has 0 amide bonds. The number of allylic oxidation sites excluding steroid dienone is 4. The number of benzene rings is 3. The van der Waals surface area contributed by atoms with Gasteiger partial charge in [-0.1, -0.05) is 73.3 Å². The van der Waals surface area contributed by atoms with Crippen LogP contribution in [0, 0.1) is 5.92 Å². The lowest BCUT2D eigenvalue weighted by Gasteiger charge is -2.42. The maximum atomic E-state index is 2.46. The molecule has 28 heavy (non-hydrogen) atoms. The fourth-order valence-corrected chi connectivity index (χ4v) is 8.06. The Balaban J connectivity index is 1.73. The second kappa shape index (κ2) is 8.46. The molecule has 3 aromatic carbocycles. The molecule has 3 aromatic rings. The van der Waals surface area contributed by atoms with Crippen LogP contribution in [0.15, 0.2) is 128 Å². The number of hydrogen-bond donors (Lipinski definition) is 0. The third kappa shape index (κ3) is 3.85. The molecule has 0 radical (unpaired) electrons. The van der Waals surface area contributed by atoms with E-state index >= 15 is 0 Å². The van der Waals surface area contributed by atoms with Crippen LogP contribution in [0.3, 0.4) is 0 Å². The summed E-state index contributed by atoms with van der Waals surface area (Å²) >= 11 is 1.82. The van der Waals surface area contributed by atoms with E-state index in [1.54, 1.807) is 4.91 Å². The first kappa shape index (κ1) is 19.2. The zero-order chi connectivity index (χ0) is 19.4. The highest BCUT2D eigenvalue weighted by atomic mass is 32.3. The van der Waals surface area contributed by atoms with Gasteiger partial charge in [-0.05, 0) is 81.8 Å². The van der Waals surface area contributed by atoms with E-state index in [0.29, 0.717) is 5.92 Å². The summed E-state index contributed by atoms with van der Waals surface area (Å²) in [5.41, 5.74) is 0. The molecular weight excluding hydrogens is 376 g/mol. The molecule has 0 aromatic heterocycles. The molecule has 0 spiro atoms. The molecule has 2 atom stereocenters. The lowest BCUT2D eigenvalue weighted by molar-refractivity contribution is 0.721. The Morgan fingerprint density at radius 3 is 1.96 bits per heavy atom. The predicted molar refractivity (Wildman–Crippen MR) is 125 cm³/mol. The summed E-state index contributed by atoms with van der Waals surface area (Å²) in [5, 5.41) is 0. The first-order chi connectivity index (χ1) is 13.7. The molecule has 0 saturated heterocycles. The topological polar surface area (TPSA) is 0 Å². The van der Waals surface area contributed by atoms with Gasteiger partial charge in [-0.25, -0.2) is 0 Å². The Bertz CT molecular complexity index is 972. The summed E-state index contributed by atoms with van der Waals surface area (Å²) in [5.74, 6) is 0.573. The van der Waals surface area contributed by atoms with Crippen molar-refractivity contribution in [3.8, 4) is 0 Å². The van der Waals surface area contributed by atoms with Crippen LogP contribution in [0.1, 0.15) is 13.3 Å². The smallest absolute Gasteiger partial charge is 0.0123 e. The summed E-state index contributed by atoms with van der Waals surface area (Å²) in [6.45, 7) is 2.36. The average molecular weight is 403 g/mol. The molecule has 4 rings (SSSR count). The molecule has 0 saturated carbocycles. The minimum Gasteiger partial charge on any atom is -0.167 e. The van der Waals surface area contributed by atoms with E-state index in [1.165, 1.54) is 19.6 Å². The van der Waals surface area contributed by atoms with Gasteiger partial charge in [0.2, 0.25) is 0 Å². The van der Waals surface area contributed by atoms with Crippen molar-refractivity contribution in [3.05, 3.63) is 108 Å². The van der Waals surface area contributed by atoms with Crippen LogP contribution < -0.4 is 0 Å². The molecule has 0 fully saturated rings. The van der Waals surface area contributed by atoms with Crippen LogP contribution in [0.4, 0.5) is 0 Å². The van der Waals surface area contributed by atoms with Crippen LogP contribution in [0.25, 0.3) is 0 Å². The van der Waals surface area contributed by atoms with E-state index in [0.717, 1.165) is 6.42 Å². The van der Waals surface area contributed by atoms with Gasteiger partial charge in [0.1, 0.15) is 0 Å². The van der Waals surface area contributed by atoms with Crippen molar-refractivity contribution in [1.29, 1.82) is 0 Å². The molecule has 2 heteroatoms. The van der Waals surface area contributed by atoms with Crippen molar-refractivity contribution in [2.75, 3.05) is 6.26 Å². The molecule has 0 heterocycles. The molecular formula is C26H26S2. The maximum absolute atomic E-state index is 2.46. The third-order valence-electron chi connectivity index (χ3n) is 5.33. The summed E-state index contributed by atoms with van der Waals surface area (Å²) in [4.78, 5) is 7.01. The molecule has 1 aliphatic carbocycles. The SMILES string of the molecule is CC1CC=CC=C1S(C)(c1ccccc1)c1ccc(Sc2ccccc2)cc1. The summed E-state index contributed by atoms with van der Waals surface area (Å²) in [6.07, 6.45) is 10.5. The van der Waals surface area contributed by atoms with Crippen LogP contribution >= 0.6 is 21.8 Å². The number of rotatable bonds is 5. The van der Waals surface area contributed by atoms with Crippen molar-refractivity contribution in [2.24, 2.45) is 5.92 Å². The van der Waals surface area contributed by atoms with Crippen LogP contribution in [0.2, 0.25) is 0 Å². The largest absolute Gasteiger partial charge is 0.167 e. The second-order valence-corrected chi connectivity index (χ2v) is 11.7. The van der Waals surface area contributed by atoms with E-state index in [9.17, 15) is 0 Å². The van der Waals surface area contributed by atoms with Crippen molar-refractivity contribution in [2.45, 2.75) is 32.9 Å². The quantitative estimate of drug-likeness (QED) is 0.415. The Morgan fingerprint density at radius 2 is 1.32 bits per heavy atom. The monoisotopic (exact) mass is 402 g/mol. The van der Waals surface area contributed by atoms with E-state index in [-0.39, 0.29) is 0 Å². The van der Waals surface area contributed by atoms with Gasteiger partial charge in [0.25, 0.3) is 0 Å². The lowest BCUT2D eigenvalue weighted by Crippen LogP contribution is -2.11. The van der Waals surface area contributed by atoms with Crippen molar-refractivity contribution < 1.29 is 0 Å². The van der Waals surface area contributed by atoms with Gasteiger partial charge in [0, 0.05) is 9.79 Å². The molecule has 142 valence electrons.